The minimum absolute atomic E-state index is 0.142. The zero-order valence-electron chi connectivity index (χ0n) is 12.1. The summed E-state index contributed by atoms with van der Waals surface area (Å²) in [6.07, 6.45) is 2.24. The number of carbonyl (C=O) groups excluding carboxylic acids is 1. The molecule has 0 saturated carbocycles. The van der Waals surface area contributed by atoms with Gasteiger partial charge in [0.25, 0.3) is 5.91 Å². The van der Waals surface area contributed by atoms with E-state index in [1.807, 2.05) is 36.9 Å². The molecule has 1 saturated heterocycles. The van der Waals surface area contributed by atoms with Gasteiger partial charge in [-0.25, -0.2) is 0 Å². The second kappa shape index (κ2) is 5.74. The van der Waals surface area contributed by atoms with Gasteiger partial charge in [0.1, 0.15) is 0 Å². The van der Waals surface area contributed by atoms with E-state index in [0.717, 1.165) is 24.1 Å². The maximum absolute atomic E-state index is 12.8. The molecule has 2 N–H and O–H groups in total. The molecule has 1 fully saturated rings. The molecule has 3 heteroatoms. The van der Waals surface area contributed by atoms with Crippen molar-refractivity contribution in [1.29, 1.82) is 0 Å². The first-order valence-corrected chi connectivity index (χ1v) is 7.13. The summed E-state index contributed by atoms with van der Waals surface area (Å²) in [4.78, 5) is 14.7. The fourth-order valence-corrected chi connectivity index (χ4v) is 3.00. The summed E-state index contributed by atoms with van der Waals surface area (Å²) in [7, 11) is 0. The number of aryl methyl sites for hydroxylation is 1. The van der Waals surface area contributed by atoms with Crippen molar-refractivity contribution in [1.82, 2.24) is 4.90 Å². The van der Waals surface area contributed by atoms with Crippen LogP contribution in [0.2, 0.25) is 0 Å². The highest BCUT2D eigenvalue weighted by atomic mass is 16.2. The zero-order valence-corrected chi connectivity index (χ0v) is 12.1. The van der Waals surface area contributed by atoms with Gasteiger partial charge in [-0.15, -0.1) is 0 Å². The predicted octanol–water partition coefficient (Wildman–Crippen LogP) is 2.50. The standard InChI is InChI=1S/C16H24N2O/c1-11-6-4-8-14(13(11)3)16(19)18-9-5-7-12(2)15(18)10-17/h4,6,8,12,15H,5,7,9-10,17H2,1-3H3/t12-,15+/m0/s1. The van der Waals surface area contributed by atoms with Crippen LogP contribution in [0, 0.1) is 19.8 Å². The SMILES string of the molecule is Cc1cccc(C(=O)N2CCC[C@H](C)[C@H]2CN)c1C. The topological polar surface area (TPSA) is 46.3 Å². The first kappa shape index (κ1) is 14.1. The highest BCUT2D eigenvalue weighted by Crippen LogP contribution is 2.25. The van der Waals surface area contributed by atoms with E-state index < -0.39 is 0 Å². The third-order valence-corrected chi connectivity index (χ3v) is 4.45. The van der Waals surface area contributed by atoms with Crippen molar-refractivity contribution in [3.05, 3.63) is 34.9 Å². The molecule has 0 spiro atoms. The van der Waals surface area contributed by atoms with Crippen molar-refractivity contribution >= 4 is 5.91 Å². The lowest BCUT2D eigenvalue weighted by Crippen LogP contribution is -2.51. The predicted molar refractivity (Wildman–Crippen MR) is 78.2 cm³/mol. The van der Waals surface area contributed by atoms with Crippen molar-refractivity contribution in [2.75, 3.05) is 13.1 Å². The van der Waals surface area contributed by atoms with Crippen LogP contribution in [-0.4, -0.2) is 29.9 Å². The van der Waals surface area contributed by atoms with Crippen molar-refractivity contribution in [2.24, 2.45) is 11.7 Å². The fraction of sp³-hybridized carbons (Fsp3) is 0.562. The first-order valence-electron chi connectivity index (χ1n) is 7.13. The smallest absolute Gasteiger partial charge is 0.254 e. The molecule has 3 nitrogen and oxygen atoms in total. The second-order valence-corrected chi connectivity index (χ2v) is 5.67. The molecule has 104 valence electrons. The lowest BCUT2D eigenvalue weighted by molar-refractivity contribution is 0.0531. The lowest BCUT2D eigenvalue weighted by atomic mass is 9.89. The normalized spacial score (nSPS) is 23.5. The van der Waals surface area contributed by atoms with E-state index in [1.165, 1.54) is 12.0 Å². The van der Waals surface area contributed by atoms with Gasteiger partial charge in [-0.05, 0) is 49.8 Å². The number of hydrogen-bond acceptors (Lipinski definition) is 2. The number of carbonyl (C=O) groups is 1. The van der Waals surface area contributed by atoms with E-state index in [0.29, 0.717) is 12.5 Å². The molecule has 0 bridgehead atoms. The molecule has 0 aliphatic carbocycles. The molecule has 0 aromatic heterocycles. The molecule has 1 heterocycles. The summed E-state index contributed by atoms with van der Waals surface area (Å²) >= 11 is 0. The molecular formula is C16H24N2O. The molecule has 1 aliphatic rings. The van der Waals surface area contributed by atoms with Gasteiger partial charge in [-0.2, -0.15) is 0 Å². The van der Waals surface area contributed by atoms with Gasteiger partial charge in [0.05, 0.1) is 0 Å². The number of amides is 1. The fourth-order valence-electron chi connectivity index (χ4n) is 3.00. The molecule has 0 unspecified atom stereocenters. The average Bonchev–Trinajstić information content (AvgIpc) is 2.41. The highest BCUT2D eigenvalue weighted by molar-refractivity contribution is 5.96. The molecule has 1 aromatic carbocycles. The average molecular weight is 260 g/mol. The monoisotopic (exact) mass is 260 g/mol. The van der Waals surface area contributed by atoms with E-state index in [-0.39, 0.29) is 11.9 Å². The molecule has 1 aromatic rings. The van der Waals surface area contributed by atoms with Gasteiger partial charge in [-0.1, -0.05) is 19.1 Å². The minimum Gasteiger partial charge on any atom is -0.334 e. The van der Waals surface area contributed by atoms with E-state index in [4.69, 9.17) is 5.73 Å². The van der Waals surface area contributed by atoms with Crippen molar-refractivity contribution in [3.63, 3.8) is 0 Å². The third kappa shape index (κ3) is 2.66. The Kier molecular flexibility index (Phi) is 4.25. The third-order valence-electron chi connectivity index (χ3n) is 4.45. The van der Waals surface area contributed by atoms with Crippen LogP contribution < -0.4 is 5.73 Å². The second-order valence-electron chi connectivity index (χ2n) is 5.67. The molecule has 1 aliphatic heterocycles. The van der Waals surface area contributed by atoms with Gasteiger partial charge in [0.15, 0.2) is 0 Å². The molecule has 2 rings (SSSR count). The van der Waals surface area contributed by atoms with Gasteiger partial charge >= 0.3 is 0 Å². The summed E-state index contributed by atoms with van der Waals surface area (Å²) in [5, 5.41) is 0. The van der Waals surface area contributed by atoms with Gasteiger partial charge in [0, 0.05) is 24.7 Å². The van der Waals surface area contributed by atoms with Crippen LogP contribution in [0.5, 0.6) is 0 Å². The van der Waals surface area contributed by atoms with Crippen LogP contribution in [0.15, 0.2) is 18.2 Å². The Morgan fingerprint density at radius 1 is 1.42 bits per heavy atom. The number of nitrogens with two attached hydrogens (primary N) is 1. The largest absolute Gasteiger partial charge is 0.334 e. The Morgan fingerprint density at radius 3 is 2.84 bits per heavy atom. The van der Waals surface area contributed by atoms with Crippen molar-refractivity contribution in [3.8, 4) is 0 Å². The van der Waals surface area contributed by atoms with Gasteiger partial charge < -0.3 is 10.6 Å². The molecule has 0 radical (unpaired) electrons. The molecular weight excluding hydrogens is 236 g/mol. The number of hydrogen-bond donors (Lipinski definition) is 1. The molecule has 19 heavy (non-hydrogen) atoms. The van der Waals surface area contributed by atoms with Crippen LogP contribution in [0.1, 0.15) is 41.3 Å². The maximum Gasteiger partial charge on any atom is 0.254 e. The lowest BCUT2D eigenvalue weighted by Gasteiger charge is -2.39. The first-order chi connectivity index (χ1) is 9.06. The van der Waals surface area contributed by atoms with E-state index in [9.17, 15) is 4.79 Å². The quantitative estimate of drug-likeness (QED) is 0.888. The highest BCUT2D eigenvalue weighted by Gasteiger charge is 2.31. The number of nitrogens with zero attached hydrogens (tertiary/aromatic N) is 1. The Bertz CT molecular complexity index is 470. The van der Waals surface area contributed by atoms with Crippen LogP contribution in [0.3, 0.4) is 0 Å². The Labute approximate surface area is 115 Å². The van der Waals surface area contributed by atoms with E-state index >= 15 is 0 Å². The number of piperidine rings is 1. The maximum atomic E-state index is 12.8. The van der Waals surface area contributed by atoms with Crippen molar-refractivity contribution in [2.45, 2.75) is 39.7 Å². The number of rotatable bonds is 2. The Balaban J connectivity index is 2.29. The van der Waals surface area contributed by atoms with E-state index in [2.05, 4.69) is 6.92 Å². The van der Waals surface area contributed by atoms with Crippen LogP contribution in [0.4, 0.5) is 0 Å². The molecule has 2 atom stereocenters. The summed E-state index contributed by atoms with van der Waals surface area (Å²) in [5.41, 5.74) is 8.95. The van der Waals surface area contributed by atoms with Crippen LogP contribution in [0.25, 0.3) is 0 Å². The van der Waals surface area contributed by atoms with E-state index in [1.54, 1.807) is 0 Å². The summed E-state index contributed by atoms with van der Waals surface area (Å²) in [6, 6.07) is 6.12. The zero-order chi connectivity index (χ0) is 14.0. The number of benzene rings is 1. The van der Waals surface area contributed by atoms with Crippen LogP contribution in [-0.2, 0) is 0 Å². The van der Waals surface area contributed by atoms with Crippen LogP contribution >= 0.6 is 0 Å². The number of likely N-dealkylation sites (tertiary alicyclic amines) is 1. The van der Waals surface area contributed by atoms with Gasteiger partial charge in [-0.3, -0.25) is 4.79 Å². The summed E-state index contributed by atoms with van der Waals surface area (Å²) in [6.45, 7) is 7.65. The summed E-state index contributed by atoms with van der Waals surface area (Å²) < 4.78 is 0. The Hall–Kier alpha value is -1.35. The Morgan fingerprint density at radius 2 is 2.16 bits per heavy atom. The van der Waals surface area contributed by atoms with Gasteiger partial charge in [0.2, 0.25) is 0 Å². The summed E-state index contributed by atoms with van der Waals surface area (Å²) in [5.74, 6) is 0.635. The molecule has 1 amide bonds. The minimum atomic E-state index is 0.142. The van der Waals surface area contributed by atoms with Crippen molar-refractivity contribution < 1.29 is 4.79 Å².